The molecule has 25 heavy (non-hydrogen) atoms. The number of benzene rings is 1. The van der Waals surface area contributed by atoms with E-state index in [1.807, 2.05) is 12.1 Å². The van der Waals surface area contributed by atoms with Crippen LogP contribution >= 0.6 is 31.9 Å². The van der Waals surface area contributed by atoms with E-state index in [9.17, 15) is 4.79 Å². The van der Waals surface area contributed by atoms with Crippen molar-refractivity contribution < 1.29 is 4.79 Å². The van der Waals surface area contributed by atoms with Crippen molar-refractivity contribution in [3.05, 3.63) is 32.2 Å². The molecule has 0 saturated heterocycles. The molecule has 142 valence electrons. The van der Waals surface area contributed by atoms with Crippen LogP contribution in [0.5, 0.6) is 0 Å². The van der Waals surface area contributed by atoms with Gasteiger partial charge in [-0.15, -0.1) is 0 Å². The quantitative estimate of drug-likeness (QED) is 0.328. The highest BCUT2D eigenvalue weighted by molar-refractivity contribution is 9.11. The lowest BCUT2D eigenvalue weighted by atomic mass is 10.1. The molecule has 0 atom stereocenters. The maximum Gasteiger partial charge on any atom is 0.251 e. The molecular weight excluding hydrogens is 444 g/mol. The van der Waals surface area contributed by atoms with Crippen LogP contribution in [-0.4, -0.2) is 12.5 Å². The first kappa shape index (κ1) is 22.7. The molecule has 0 saturated carbocycles. The van der Waals surface area contributed by atoms with Crippen LogP contribution in [0.15, 0.2) is 21.1 Å². The molecule has 0 aliphatic carbocycles. The standard InChI is InChI=1S/C20H32Br2N2O/c1-2-3-4-5-6-7-8-9-10-11-12-24-20(25)16-13-18(21)17(15-23)19(22)14-16/h13-14H,2-12,15,23H2,1H3,(H,24,25). The van der Waals surface area contributed by atoms with Crippen LogP contribution in [0.1, 0.15) is 87.1 Å². The van der Waals surface area contributed by atoms with Gasteiger partial charge in [0.25, 0.3) is 5.91 Å². The summed E-state index contributed by atoms with van der Waals surface area (Å²) >= 11 is 6.95. The van der Waals surface area contributed by atoms with Crippen LogP contribution < -0.4 is 11.1 Å². The largest absolute Gasteiger partial charge is 0.352 e. The van der Waals surface area contributed by atoms with Crippen LogP contribution in [-0.2, 0) is 6.54 Å². The number of hydrogen-bond donors (Lipinski definition) is 2. The van der Waals surface area contributed by atoms with Gasteiger partial charge in [-0.3, -0.25) is 4.79 Å². The maximum absolute atomic E-state index is 12.2. The van der Waals surface area contributed by atoms with Gasteiger partial charge < -0.3 is 11.1 Å². The Labute approximate surface area is 169 Å². The van der Waals surface area contributed by atoms with E-state index in [4.69, 9.17) is 5.73 Å². The highest BCUT2D eigenvalue weighted by Gasteiger charge is 2.11. The topological polar surface area (TPSA) is 55.1 Å². The van der Waals surface area contributed by atoms with Crippen molar-refractivity contribution in [3.63, 3.8) is 0 Å². The molecule has 3 N–H and O–H groups in total. The van der Waals surface area contributed by atoms with E-state index in [1.54, 1.807) is 0 Å². The predicted octanol–water partition coefficient (Wildman–Crippen LogP) is 6.32. The molecule has 5 heteroatoms. The predicted molar refractivity (Wildman–Crippen MR) is 114 cm³/mol. The Kier molecular flexibility index (Phi) is 12.5. The van der Waals surface area contributed by atoms with Crippen LogP contribution in [0.2, 0.25) is 0 Å². The lowest BCUT2D eigenvalue weighted by Crippen LogP contribution is -2.24. The minimum atomic E-state index is -0.0269. The molecule has 0 fully saturated rings. The van der Waals surface area contributed by atoms with Crippen LogP contribution in [0.25, 0.3) is 0 Å². The number of amides is 1. The van der Waals surface area contributed by atoms with Crippen molar-refractivity contribution in [2.45, 2.75) is 77.7 Å². The third-order valence-electron chi connectivity index (χ3n) is 4.42. The Morgan fingerprint density at radius 3 is 1.88 bits per heavy atom. The van der Waals surface area contributed by atoms with Crippen molar-refractivity contribution in [1.82, 2.24) is 5.32 Å². The molecule has 0 aliphatic rings. The van der Waals surface area contributed by atoms with Gasteiger partial charge in [0.05, 0.1) is 0 Å². The Morgan fingerprint density at radius 1 is 0.920 bits per heavy atom. The second-order valence-corrected chi connectivity index (χ2v) is 8.27. The van der Waals surface area contributed by atoms with Crippen LogP contribution in [0.4, 0.5) is 0 Å². The van der Waals surface area contributed by atoms with Gasteiger partial charge in [0.15, 0.2) is 0 Å². The first-order valence-electron chi connectivity index (χ1n) is 9.56. The third kappa shape index (κ3) is 9.20. The van der Waals surface area contributed by atoms with Crippen molar-refractivity contribution in [1.29, 1.82) is 0 Å². The molecule has 0 aromatic heterocycles. The SMILES string of the molecule is CCCCCCCCCCCCNC(=O)c1cc(Br)c(CN)c(Br)c1. The molecule has 1 aromatic carbocycles. The van der Waals surface area contributed by atoms with E-state index >= 15 is 0 Å². The van der Waals surface area contributed by atoms with Crippen molar-refractivity contribution >= 4 is 37.8 Å². The molecule has 0 unspecified atom stereocenters. The zero-order chi connectivity index (χ0) is 18.5. The van der Waals surface area contributed by atoms with Crippen molar-refractivity contribution in [2.75, 3.05) is 6.54 Å². The molecule has 1 aromatic rings. The van der Waals surface area contributed by atoms with Crippen LogP contribution in [0, 0.1) is 0 Å². The zero-order valence-corrected chi connectivity index (χ0v) is 18.6. The Bertz CT molecular complexity index is 497. The lowest BCUT2D eigenvalue weighted by Gasteiger charge is -2.09. The average Bonchev–Trinajstić information content (AvgIpc) is 2.59. The molecule has 0 spiro atoms. The highest BCUT2D eigenvalue weighted by Crippen LogP contribution is 2.27. The summed E-state index contributed by atoms with van der Waals surface area (Å²) in [6, 6.07) is 3.67. The number of unbranched alkanes of at least 4 members (excludes halogenated alkanes) is 9. The van der Waals surface area contributed by atoms with Gasteiger partial charge in [-0.2, -0.15) is 0 Å². The second kappa shape index (κ2) is 13.8. The molecule has 1 rings (SSSR count). The number of nitrogens with two attached hydrogens (primary N) is 1. The van der Waals surface area contributed by atoms with Gasteiger partial charge in [-0.25, -0.2) is 0 Å². The summed E-state index contributed by atoms with van der Waals surface area (Å²) in [5.41, 5.74) is 7.33. The van der Waals surface area contributed by atoms with E-state index in [0.717, 1.165) is 27.5 Å². The fourth-order valence-corrected chi connectivity index (χ4v) is 4.36. The van der Waals surface area contributed by atoms with Gasteiger partial charge >= 0.3 is 0 Å². The van der Waals surface area contributed by atoms with Gasteiger partial charge in [-0.05, 0) is 24.1 Å². The number of halogens is 2. The summed E-state index contributed by atoms with van der Waals surface area (Å²) < 4.78 is 1.74. The Hall–Kier alpha value is -0.390. The molecule has 3 nitrogen and oxygen atoms in total. The minimum absolute atomic E-state index is 0.0269. The Balaban J connectivity index is 2.13. The van der Waals surface area contributed by atoms with Crippen molar-refractivity contribution in [3.8, 4) is 0 Å². The van der Waals surface area contributed by atoms with Crippen molar-refractivity contribution in [2.24, 2.45) is 5.73 Å². The van der Waals surface area contributed by atoms with Gasteiger partial charge in [-0.1, -0.05) is 96.6 Å². The van der Waals surface area contributed by atoms with Gasteiger partial charge in [0.1, 0.15) is 0 Å². The first-order valence-corrected chi connectivity index (χ1v) is 11.1. The average molecular weight is 476 g/mol. The monoisotopic (exact) mass is 474 g/mol. The normalized spacial score (nSPS) is 10.9. The lowest BCUT2D eigenvalue weighted by molar-refractivity contribution is 0.0953. The fraction of sp³-hybridized carbons (Fsp3) is 0.650. The van der Waals surface area contributed by atoms with E-state index < -0.39 is 0 Å². The molecule has 0 aliphatic heterocycles. The summed E-state index contributed by atoms with van der Waals surface area (Å²) in [5.74, 6) is -0.0269. The number of nitrogens with one attached hydrogen (secondary N) is 1. The summed E-state index contributed by atoms with van der Waals surface area (Å²) in [6.45, 7) is 3.43. The molecule has 0 heterocycles. The Morgan fingerprint density at radius 2 is 1.40 bits per heavy atom. The molecule has 0 bridgehead atoms. The number of hydrogen-bond acceptors (Lipinski definition) is 2. The summed E-state index contributed by atoms with van der Waals surface area (Å²) in [6.07, 6.45) is 13.0. The minimum Gasteiger partial charge on any atom is -0.352 e. The van der Waals surface area contributed by atoms with Crippen LogP contribution in [0.3, 0.4) is 0 Å². The summed E-state index contributed by atoms with van der Waals surface area (Å²) in [4.78, 5) is 12.2. The molecule has 0 radical (unpaired) electrons. The number of carbonyl (C=O) groups excluding carboxylic acids is 1. The first-order chi connectivity index (χ1) is 12.1. The zero-order valence-electron chi connectivity index (χ0n) is 15.4. The highest BCUT2D eigenvalue weighted by atomic mass is 79.9. The summed E-state index contributed by atoms with van der Waals surface area (Å²) in [7, 11) is 0. The van der Waals surface area contributed by atoms with E-state index in [1.165, 1.54) is 57.8 Å². The van der Waals surface area contributed by atoms with E-state index in [-0.39, 0.29) is 5.91 Å². The smallest absolute Gasteiger partial charge is 0.251 e. The maximum atomic E-state index is 12.2. The van der Waals surface area contributed by atoms with E-state index in [0.29, 0.717) is 12.1 Å². The fourth-order valence-electron chi connectivity index (χ4n) is 2.85. The summed E-state index contributed by atoms with van der Waals surface area (Å²) in [5, 5.41) is 3.00. The van der Waals surface area contributed by atoms with Gasteiger partial charge in [0.2, 0.25) is 0 Å². The third-order valence-corrected chi connectivity index (χ3v) is 5.84. The van der Waals surface area contributed by atoms with Gasteiger partial charge in [0, 0.05) is 27.6 Å². The molecule has 1 amide bonds. The van der Waals surface area contributed by atoms with E-state index in [2.05, 4.69) is 44.1 Å². The number of rotatable bonds is 13. The molecular formula is C20H32Br2N2O. The second-order valence-electron chi connectivity index (χ2n) is 6.56. The number of carbonyl (C=O) groups is 1.